The van der Waals surface area contributed by atoms with Crippen molar-refractivity contribution in [1.82, 2.24) is 0 Å². The van der Waals surface area contributed by atoms with Gasteiger partial charge in [-0.1, -0.05) is 18.2 Å². The molecule has 0 aliphatic carbocycles. The van der Waals surface area contributed by atoms with Gasteiger partial charge in [0.05, 0.1) is 0 Å². The molecule has 0 saturated carbocycles. The van der Waals surface area contributed by atoms with Gasteiger partial charge in [-0.25, -0.2) is 8.60 Å². The fourth-order valence-corrected chi connectivity index (χ4v) is 3.80. The Hall–Kier alpha value is -1.68. The summed E-state index contributed by atoms with van der Waals surface area (Å²) in [6.07, 6.45) is 0.970. The van der Waals surface area contributed by atoms with Crippen LogP contribution in [-0.4, -0.2) is 16.5 Å². The average molecular weight is 289 g/mol. The number of aryl methyl sites for hydroxylation is 1. The maximum Gasteiger partial charge on any atom is 0.124 e. The first-order chi connectivity index (χ1) is 9.63. The largest absolute Gasteiger partial charge is 0.292 e. The zero-order valence-corrected chi connectivity index (χ0v) is 12.1. The molecule has 1 saturated heterocycles. The molecule has 0 bridgehead atoms. The van der Waals surface area contributed by atoms with Crippen LogP contribution < -0.4 is 4.31 Å². The Bertz CT molecular complexity index is 634. The molecule has 0 spiro atoms. The van der Waals surface area contributed by atoms with Crippen molar-refractivity contribution in [2.24, 2.45) is 0 Å². The van der Waals surface area contributed by atoms with E-state index in [1.54, 1.807) is 0 Å². The van der Waals surface area contributed by atoms with E-state index in [9.17, 15) is 8.60 Å². The van der Waals surface area contributed by atoms with Gasteiger partial charge in [-0.15, -0.1) is 0 Å². The third-order valence-electron chi connectivity index (χ3n) is 3.46. The molecular formula is C16H16FNOS. The van der Waals surface area contributed by atoms with E-state index >= 15 is 0 Å². The third kappa shape index (κ3) is 2.61. The predicted octanol–water partition coefficient (Wildman–Crippen LogP) is 3.67. The molecule has 1 heterocycles. The van der Waals surface area contributed by atoms with Crippen molar-refractivity contribution in [3.05, 3.63) is 53.8 Å². The fourth-order valence-electron chi connectivity index (χ4n) is 2.51. The number of nitrogens with zero attached hydrogens (tertiary/aromatic N) is 1. The van der Waals surface area contributed by atoms with Gasteiger partial charge < -0.3 is 0 Å². The molecule has 104 valence electrons. The van der Waals surface area contributed by atoms with Crippen LogP contribution in [0.3, 0.4) is 0 Å². The van der Waals surface area contributed by atoms with Crippen molar-refractivity contribution < 1.29 is 8.60 Å². The van der Waals surface area contributed by atoms with Gasteiger partial charge in [0.15, 0.2) is 0 Å². The summed E-state index contributed by atoms with van der Waals surface area (Å²) < 4.78 is 27.2. The van der Waals surface area contributed by atoms with Crippen LogP contribution in [0.1, 0.15) is 12.0 Å². The molecule has 2 nitrogen and oxygen atoms in total. The number of halogens is 1. The molecule has 1 unspecified atom stereocenters. The minimum absolute atomic E-state index is 0.218. The zero-order valence-electron chi connectivity index (χ0n) is 11.3. The van der Waals surface area contributed by atoms with Crippen molar-refractivity contribution in [2.75, 3.05) is 16.6 Å². The van der Waals surface area contributed by atoms with Crippen LogP contribution in [0.15, 0.2) is 42.5 Å². The van der Waals surface area contributed by atoms with Crippen molar-refractivity contribution in [3.63, 3.8) is 0 Å². The summed E-state index contributed by atoms with van der Waals surface area (Å²) in [5.41, 5.74) is 3.72. The van der Waals surface area contributed by atoms with Crippen LogP contribution in [0.5, 0.6) is 0 Å². The predicted molar refractivity (Wildman–Crippen MR) is 81.5 cm³/mol. The highest BCUT2D eigenvalue weighted by atomic mass is 32.2. The van der Waals surface area contributed by atoms with Gasteiger partial charge in [-0.3, -0.25) is 4.31 Å². The Kier molecular flexibility index (Phi) is 3.57. The molecule has 0 N–H and O–H groups in total. The minimum Gasteiger partial charge on any atom is -0.292 e. The molecule has 1 aliphatic rings. The summed E-state index contributed by atoms with van der Waals surface area (Å²) in [5, 5.41) is 0. The van der Waals surface area contributed by atoms with E-state index < -0.39 is 11.0 Å². The highest BCUT2D eigenvalue weighted by Crippen LogP contribution is 2.27. The fraction of sp³-hybridized carbons (Fsp3) is 0.250. The van der Waals surface area contributed by atoms with Crippen LogP contribution in [0.25, 0.3) is 11.1 Å². The molecule has 0 amide bonds. The quantitative estimate of drug-likeness (QED) is 0.826. The molecule has 1 aliphatic heterocycles. The molecule has 2 aromatic rings. The maximum atomic E-state index is 13.4. The Morgan fingerprint density at radius 1 is 1.10 bits per heavy atom. The maximum absolute atomic E-state index is 13.4. The molecule has 0 radical (unpaired) electrons. The Labute approximate surface area is 120 Å². The number of hydrogen-bond donors (Lipinski definition) is 0. The number of anilines is 1. The molecule has 1 fully saturated rings. The summed E-state index contributed by atoms with van der Waals surface area (Å²) in [6, 6.07) is 12.9. The van der Waals surface area contributed by atoms with Crippen molar-refractivity contribution in [3.8, 4) is 11.1 Å². The van der Waals surface area contributed by atoms with E-state index in [-0.39, 0.29) is 5.82 Å². The first-order valence-electron chi connectivity index (χ1n) is 6.67. The monoisotopic (exact) mass is 289 g/mol. The van der Waals surface area contributed by atoms with Crippen molar-refractivity contribution in [2.45, 2.75) is 13.3 Å². The second-order valence-corrected chi connectivity index (χ2v) is 6.54. The first kappa shape index (κ1) is 13.3. The standard InChI is InChI=1S/C16H16FNOS/c1-12-9-14(11-15(17)10-12)13-3-5-16(6-4-13)18-7-2-8-20(18)19/h3-6,9-11H,2,7-8H2,1H3. The lowest BCUT2D eigenvalue weighted by atomic mass is 10.0. The first-order valence-corrected chi connectivity index (χ1v) is 7.95. The molecule has 2 aromatic carbocycles. The lowest BCUT2D eigenvalue weighted by Crippen LogP contribution is -2.19. The second-order valence-electron chi connectivity index (χ2n) is 5.05. The summed E-state index contributed by atoms with van der Waals surface area (Å²) in [5.74, 6) is 0.523. The number of benzene rings is 2. The number of hydrogen-bond acceptors (Lipinski definition) is 1. The molecule has 4 heteroatoms. The van der Waals surface area contributed by atoms with Gasteiger partial charge in [0, 0.05) is 18.0 Å². The molecule has 0 aromatic heterocycles. The van der Waals surface area contributed by atoms with E-state index in [0.717, 1.165) is 41.1 Å². The van der Waals surface area contributed by atoms with Gasteiger partial charge in [-0.05, 0) is 54.3 Å². The Morgan fingerprint density at radius 3 is 2.45 bits per heavy atom. The summed E-state index contributed by atoms with van der Waals surface area (Å²) in [4.78, 5) is 0. The van der Waals surface area contributed by atoms with E-state index in [0.29, 0.717) is 0 Å². The minimum atomic E-state index is -0.897. The zero-order chi connectivity index (χ0) is 14.1. The van der Waals surface area contributed by atoms with Crippen LogP contribution in [0.4, 0.5) is 10.1 Å². The van der Waals surface area contributed by atoms with Crippen molar-refractivity contribution in [1.29, 1.82) is 0 Å². The van der Waals surface area contributed by atoms with E-state index in [1.165, 1.54) is 12.1 Å². The third-order valence-corrected chi connectivity index (χ3v) is 4.98. The second kappa shape index (κ2) is 5.37. The summed E-state index contributed by atoms with van der Waals surface area (Å²) in [6.45, 7) is 2.72. The SMILES string of the molecule is Cc1cc(F)cc(-c2ccc(N3CCCS3=O)cc2)c1. The lowest BCUT2D eigenvalue weighted by molar-refractivity contribution is 0.627. The smallest absolute Gasteiger partial charge is 0.124 e. The average Bonchev–Trinajstić information content (AvgIpc) is 2.84. The molecule has 3 rings (SSSR count). The summed E-state index contributed by atoms with van der Waals surface area (Å²) in [7, 11) is -0.897. The van der Waals surface area contributed by atoms with Gasteiger partial charge in [0.25, 0.3) is 0 Å². The van der Waals surface area contributed by atoms with E-state index in [2.05, 4.69) is 0 Å². The molecular weight excluding hydrogens is 273 g/mol. The lowest BCUT2D eigenvalue weighted by Gasteiger charge is -2.16. The number of rotatable bonds is 2. The normalized spacial score (nSPS) is 18.5. The van der Waals surface area contributed by atoms with Crippen LogP contribution in [0.2, 0.25) is 0 Å². The van der Waals surface area contributed by atoms with Crippen LogP contribution in [-0.2, 0) is 11.0 Å². The Balaban J connectivity index is 1.91. The van der Waals surface area contributed by atoms with Crippen LogP contribution >= 0.6 is 0 Å². The van der Waals surface area contributed by atoms with Gasteiger partial charge >= 0.3 is 0 Å². The highest BCUT2D eigenvalue weighted by Gasteiger charge is 2.20. The Morgan fingerprint density at radius 2 is 1.85 bits per heavy atom. The molecule has 1 atom stereocenters. The topological polar surface area (TPSA) is 20.3 Å². The van der Waals surface area contributed by atoms with E-state index in [4.69, 9.17) is 0 Å². The molecule has 20 heavy (non-hydrogen) atoms. The van der Waals surface area contributed by atoms with Gasteiger partial charge in [0.2, 0.25) is 0 Å². The summed E-state index contributed by atoms with van der Waals surface area (Å²) >= 11 is 0. The van der Waals surface area contributed by atoms with Gasteiger partial charge in [-0.2, -0.15) is 0 Å². The van der Waals surface area contributed by atoms with E-state index in [1.807, 2.05) is 41.6 Å². The highest BCUT2D eigenvalue weighted by molar-refractivity contribution is 7.86. The van der Waals surface area contributed by atoms with Crippen molar-refractivity contribution >= 4 is 16.7 Å². The van der Waals surface area contributed by atoms with Gasteiger partial charge in [0.1, 0.15) is 16.8 Å². The van der Waals surface area contributed by atoms with Crippen LogP contribution in [0, 0.1) is 12.7 Å².